The van der Waals surface area contributed by atoms with Gasteiger partial charge in [-0.3, -0.25) is 4.79 Å². The largest absolute Gasteiger partial charge is 0.387 e. The molecule has 1 aliphatic carbocycles. The Morgan fingerprint density at radius 3 is 2.72 bits per heavy atom. The maximum Gasteiger partial charge on any atom is 0.233 e. The lowest BCUT2D eigenvalue weighted by Crippen LogP contribution is -2.35. The van der Waals surface area contributed by atoms with Crippen LogP contribution in [0.3, 0.4) is 0 Å². The van der Waals surface area contributed by atoms with Crippen molar-refractivity contribution in [2.24, 2.45) is 0 Å². The molecule has 4 atom stereocenters. The summed E-state index contributed by atoms with van der Waals surface area (Å²) in [5.41, 5.74) is 9.62. The van der Waals surface area contributed by atoms with Crippen molar-refractivity contribution in [3.8, 4) is 0 Å². The third kappa shape index (κ3) is 4.41. The quantitative estimate of drug-likeness (QED) is 0.460. The Balaban J connectivity index is 1.15. The number of nitrogens with two attached hydrogens (primary N) is 1. The standard InChI is InChI=1S/C25H28N4O2S/c26-25-29-22-19(11-13-21(22)32-25)24(31)28-17-8-6-15(7-9-17)14-18-10-12-20(27-18)23(30)16-4-2-1-3-5-16/h1-9,18-20,23,27,30H,10-14H2,(H2,26,29)(H,28,31)/t18-,19?,20?,23+/m0/s1. The Hall–Kier alpha value is -2.74. The average Bonchev–Trinajstić information content (AvgIpc) is 3.51. The predicted molar refractivity (Wildman–Crippen MR) is 128 cm³/mol. The highest BCUT2D eigenvalue weighted by Crippen LogP contribution is 2.38. The number of hydrogen-bond acceptors (Lipinski definition) is 6. The molecule has 5 rings (SSSR count). The molecule has 0 spiro atoms. The van der Waals surface area contributed by atoms with E-state index in [0.717, 1.165) is 53.9 Å². The summed E-state index contributed by atoms with van der Waals surface area (Å²) < 4.78 is 0. The summed E-state index contributed by atoms with van der Waals surface area (Å²) in [6.07, 6.45) is 4.07. The smallest absolute Gasteiger partial charge is 0.233 e. The van der Waals surface area contributed by atoms with Crippen LogP contribution in [0, 0.1) is 0 Å². The first kappa shape index (κ1) is 21.1. The number of aromatic nitrogens is 1. The minimum Gasteiger partial charge on any atom is -0.387 e. The van der Waals surface area contributed by atoms with E-state index in [1.54, 1.807) is 0 Å². The van der Waals surface area contributed by atoms with Crippen LogP contribution in [0.15, 0.2) is 54.6 Å². The first-order valence-corrected chi connectivity index (χ1v) is 12.0. The summed E-state index contributed by atoms with van der Waals surface area (Å²) in [5, 5.41) is 17.8. The zero-order valence-electron chi connectivity index (χ0n) is 17.8. The van der Waals surface area contributed by atoms with Gasteiger partial charge in [0.25, 0.3) is 0 Å². The molecule has 3 aromatic rings. The molecule has 2 heterocycles. The van der Waals surface area contributed by atoms with E-state index in [1.807, 2.05) is 42.5 Å². The van der Waals surface area contributed by atoms with Gasteiger partial charge in [-0.1, -0.05) is 42.5 Å². The summed E-state index contributed by atoms with van der Waals surface area (Å²) in [6.45, 7) is 0. The molecule has 2 aliphatic rings. The van der Waals surface area contributed by atoms with Gasteiger partial charge in [0.2, 0.25) is 5.91 Å². The summed E-state index contributed by atoms with van der Waals surface area (Å²) in [7, 11) is 0. The number of benzene rings is 2. The number of thiazole rings is 1. The molecule has 7 heteroatoms. The van der Waals surface area contributed by atoms with Crippen LogP contribution in [-0.2, 0) is 17.6 Å². The Morgan fingerprint density at radius 1 is 1.16 bits per heavy atom. The van der Waals surface area contributed by atoms with Gasteiger partial charge in [-0.15, -0.1) is 11.3 Å². The number of aliphatic hydroxyl groups excluding tert-OH is 1. The number of nitrogens with one attached hydrogen (secondary N) is 2. The number of amides is 1. The fraction of sp³-hybridized carbons (Fsp3) is 0.360. The number of carbonyl (C=O) groups is 1. The van der Waals surface area contributed by atoms with Gasteiger partial charge in [-0.25, -0.2) is 4.98 Å². The fourth-order valence-corrected chi connectivity index (χ4v) is 5.79. The van der Waals surface area contributed by atoms with Crippen LogP contribution in [-0.4, -0.2) is 28.1 Å². The zero-order chi connectivity index (χ0) is 22.1. The fourth-order valence-electron chi connectivity index (χ4n) is 4.88. The van der Waals surface area contributed by atoms with Gasteiger partial charge in [0.1, 0.15) is 0 Å². The monoisotopic (exact) mass is 448 g/mol. The number of rotatable bonds is 6. The second-order valence-electron chi connectivity index (χ2n) is 8.75. The topological polar surface area (TPSA) is 100 Å². The molecule has 166 valence electrons. The lowest BCUT2D eigenvalue weighted by atomic mass is 10.0. The molecule has 0 radical (unpaired) electrons. The van der Waals surface area contributed by atoms with E-state index >= 15 is 0 Å². The molecule has 1 aromatic heterocycles. The van der Waals surface area contributed by atoms with E-state index < -0.39 is 6.10 Å². The third-order valence-electron chi connectivity index (χ3n) is 6.55. The Labute approximate surface area is 191 Å². The maximum atomic E-state index is 12.7. The summed E-state index contributed by atoms with van der Waals surface area (Å²) in [6, 6.07) is 18.3. The number of fused-ring (bicyclic) bond motifs is 1. The molecule has 0 bridgehead atoms. The number of aryl methyl sites for hydroxylation is 1. The first-order chi connectivity index (χ1) is 15.6. The van der Waals surface area contributed by atoms with Crippen molar-refractivity contribution in [1.29, 1.82) is 0 Å². The van der Waals surface area contributed by atoms with Crippen molar-refractivity contribution >= 4 is 28.1 Å². The van der Waals surface area contributed by atoms with Crippen LogP contribution in [0.5, 0.6) is 0 Å². The molecule has 1 saturated heterocycles. The number of aliphatic hydroxyl groups is 1. The van der Waals surface area contributed by atoms with E-state index in [0.29, 0.717) is 11.2 Å². The van der Waals surface area contributed by atoms with E-state index in [1.165, 1.54) is 16.9 Å². The predicted octanol–water partition coefficient (Wildman–Crippen LogP) is 3.79. The minimum atomic E-state index is -0.483. The van der Waals surface area contributed by atoms with Crippen molar-refractivity contribution in [3.63, 3.8) is 0 Å². The van der Waals surface area contributed by atoms with E-state index in [-0.39, 0.29) is 17.9 Å². The number of anilines is 2. The zero-order valence-corrected chi connectivity index (χ0v) is 18.6. The molecule has 1 aliphatic heterocycles. The molecular formula is C25H28N4O2S. The highest BCUT2D eigenvalue weighted by atomic mass is 32.1. The molecule has 2 aromatic carbocycles. The molecule has 1 amide bonds. The van der Waals surface area contributed by atoms with Crippen LogP contribution >= 0.6 is 11.3 Å². The first-order valence-electron chi connectivity index (χ1n) is 11.2. The van der Waals surface area contributed by atoms with Gasteiger partial charge < -0.3 is 21.5 Å². The van der Waals surface area contributed by atoms with Gasteiger partial charge in [0, 0.05) is 22.6 Å². The van der Waals surface area contributed by atoms with Gasteiger partial charge in [-0.2, -0.15) is 0 Å². The van der Waals surface area contributed by atoms with Crippen molar-refractivity contribution in [3.05, 3.63) is 76.3 Å². The molecule has 32 heavy (non-hydrogen) atoms. The van der Waals surface area contributed by atoms with E-state index in [9.17, 15) is 9.90 Å². The molecule has 2 unspecified atom stereocenters. The molecule has 1 fully saturated rings. The third-order valence-corrected chi connectivity index (χ3v) is 7.51. The van der Waals surface area contributed by atoms with Crippen LogP contribution < -0.4 is 16.4 Å². The SMILES string of the molecule is Nc1nc2c(s1)CCC2C(=O)Nc1ccc(C[C@@H]2CCC([C@H](O)c3ccccc3)N2)cc1. The van der Waals surface area contributed by atoms with Gasteiger partial charge in [-0.05, 0) is 55.4 Å². The molecule has 6 nitrogen and oxygen atoms in total. The lowest BCUT2D eigenvalue weighted by Gasteiger charge is -2.20. The minimum absolute atomic E-state index is 0.0167. The number of carbonyl (C=O) groups excluding carboxylic acids is 1. The highest BCUT2D eigenvalue weighted by Gasteiger charge is 2.32. The van der Waals surface area contributed by atoms with Gasteiger partial charge in [0.05, 0.1) is 17.7 Å². The number of nitrogens with zero attached hydrogens (tertiary/aromatic N) is 1. The van der Waals surface area contributed by atoms with Gasteiger partial charge in [0.15, 0.2) is 5.13 Å². The summed E-state index contributed by atoms with van der Waals surface area (Å²) in [5.74, 6) is -0.231. The van der Waals surface area contributed by atoms with Crippen molar-refractivity contribution in [2.75, 3.05) is 11.1 Å². The highest BCUT2D eigenvalue weighted by molar-refractivity contribution is 7.15. The lowest BCUT2D eigenvalue weighted by molar-refractivity contribution is -0.117. The summed E-state index contributed by atoms with van der Waals surface area (Å²) >= 11 is 1.49. The van der Waals surface area contributed by atoms with E-state index in [2.05, 4.69) is 27.8 Å². The van der Waals surface area contributed by atoms with Crippen LogP contribution in [0.1, 0.15) is 53.0 Å². The number of nitrogen functional groups attached to an aromatic ring is 1. The Bertz CT molecular complexity index is 1080. The summed E-state index contributed by atoms with van der Waals surface area (Å²) in [4.78, 5) is 18.2. The maximum absolute atomic E-state index is 12.7. The molecule has 0 saturated carbocycles. The van der Waals surface area contributed by atoms with E-state index in [4.69, 9.17) is 5.73 Å². The second kappa shape index (κ2) is 9.02. The molecule has 5 N–H and O–H groups in total. The second-order valence-corrected chi connectivity index (χ2v) is 9.86. The van der Waals surface area contributed by atoms with Crippen LogP contribution in [0.2, 0.25) is 0 Å². The molecular weight excluding hydrogens is 420 g/mol. The Kier molecular flexibility index (Phi) is 5.95. The van der Waals surface area contributed by atoms with Gasteiger partial charge >= 0.3 is 0 Å². The van der Waals surface area contributed by atoms with Crippen molar-refractivity contribution in [1.82, 2.24) is 10.3 Å². The van der Waals surface area contributed by atoms with Crippen LogP contribution in [0.25, 0.3) is 0 Å². The van der Waals surface area contributed by atoms with Crippen molar-refractivity contribution in [2.45, 2.75) is 56.2 Å². The average molecular weight is 449 g/mol. The normalized spacial score (nSPS) is 23.1. The van der Waals surface area contributed by atoms with Crippen LogP contribution in [0.4, 0.5) is 10.8 Å². The van der Waals surface area contributed by atoms with Crippen molar-refractivity contribution < 1.29 is 9.90 Å². The Morgan fingerprint density at radius 2 is 1.94 bits per heavy atom. The number of hydrogen-bond donors (Lipinski definition) is 4.